The Bertz CT molecular complexity index is 403. The van der Waals surface area contributed by atoms with Gasteiger partial charge in [0.15, 0.2) is 8.32 Å². The van der Waals surface area contributed by atoms with Crippen molar-refractivity contribution in [3.8, 4) is 0 Å². The third kappa shape index (κ3) is 7.96. The van der Waals surface area contributed by atoms with Gasteiger partial charge in [-0.15, -0.1) is 0 Å². The Morgan fingerprint density at radius 1 is 1.32 bits per heavy atom. The zero-order valence-corrected chi connectivity index (χ0v) is 16.0. The van der Waals surface area contributed by atoms with E-state index in [1.165, 1.54) is 0 Å². The first kappa shape index (κ1) is 19.2. The van der Waals surface area contributed by atoms with Gasteiger partial charge in [0.2, 0.25) is 0 Å². The Morgan fingerprint density at radius 3 is 2.50 bits per heavy atom. The molecule has 128 valence electrons. The fourth-order valence-electron chi connectivity index (χ4n) is 2.81. The molecule has 0 aliphatic heterocycles. The number of allylic oxidation sites excluding steroid dienone is 1. The molecule has 0 bridgehead atoms. The molecule has 22 heavy (non-hydrogen) atoms. The summed E-state index contributed by atoms with van der Waals surface area (Å²) in [6.45, 7) is 14.3. The normalized spacial score (nSPS) is 22.2. The number of rotatable bonds is 6. The molecule has 0 unspecified atom stereocenters. The van der Waals surface area contributed by atoms with Crippen LogP contribution in [0.25, 0.3) is 0 Å². The first-order chi connectivity index (χ1) is 9.97. The van der Waals surface area contributed by atoms with E-state index >= 15 is 0 Å². The first-order valence-electron chi connectivity index (χ1n) is 8.07. The largest absolute Gasteiger partial charge is 0.443 e. The van der Waals surface area contributed by atoms with E-state index in [-0.39, 0.29) is 12.1 Å². The van der Waals surface area contributed by atoms with Crippen molar-refractivity contribution in [2.45, 2.75) is 77.9 Å². The summed E-state index contributed by atoms with van der Waals surface area (Å²) >= 11 is 0. The number of nitrogens with one attached hydrogen (secondary N) is 2. The predicted octanol–water partition coefficient (Wildman–Crippen LogP) is 3.59. The monoisotopic (exact) mass is 328 g/mol. The van der Waals surface area contributed by atoms with Gasteiger partial charge < -0.3 is 9.16 Å². The average Bonchev–Trinajstić information content (AvgIpc) is 2.68. The van der Waals surface area contributed by atoms with E-state index in [1.807, 2.05) is 20.8 Å². The van der Waals surface area contributed by atoms with Gasteiger partial charge in [-0.2, -0.15) is 0 Å². The Kier molecular flexibility index (Phi) is 6.64. The van der Waals surface area contributed by atoms with Crippen LogP contribution in [0.5, 0.6) is 0 Å². The number of carbonyl (C=O) groups excluding carboxylic acids is 1. The van der Waals surface area contributed by atoms with Gasteiger partial charge in [-0.25, -0.2) is 10.2 Å². The second kappa shape index (κ2) is 7.61. The van der Waals surface area contributed by atoms with Crippen LogP contribution in [0.15, 0.2) is 12.2 Å². The number of ether oxygens (including phenoxy) is 1. The summed E-state index contributed by atoms with van der Waals surface area (Å²) < 4.78 is 11.3. The molecule has 2 N–H and O–H groups in total. The maximum absolute atomic E-state index is 11.6. The molecule has 1 rings (SSSR count). The van der Waals surface area contributed by atoms with E-state index in [0.717, 1.165) is 12.5 Å². The van der Waals surface area contributed by atoms with Crippen LogP contribution in [0.2, 0.25) is 19.1 Å². The van der Waals surface area contributed by atoms with Crippen molar-refractivity contribution in [1.29, 1.82) is 0 Å². The second-order valence-corrected chi connectivity index (χ2v) is 12.1. The summed E-state index contributed by atoms with van der Waals surface area (Å²) in [5.41, 5.74) is 5.16. The molecule has 0 saturated heterocycles. The number of hydrazine groups is 1. The highest BCUT2D eigenvalue weighted by Crippen LogP contribution is 2.28. The molecule has 5 nitrogen and oxygen atoms in total. The quantitative estimate of drug-likeness (QED) is 0.444. The molecule has 0 aromatic carbocycles. The van der Waals surface area contributed by atoms with E-state index in [4.69, 9.17) is 9.16 Å². The SMILES string of the molecule is CC(C)O[Si](C)(C)C[C@H]1C=C[C@H](NNC(=O)OC(C)(C)C)C1. The Morgan fingerprint density at radius 2 is 1.95 bits per heavy atom. The topological polar surface area (TPSA) is 59.6 Å². The second-order valence-electron chi connectivity index (χ2n) is 7.89. The molecular weight excluding hydrogens is 296 g/mol. The van der Waals surface area contributed by atoms with Crippen molar-refractivity contribution in [3.63, 3.8) is 0 Å². The smallest absolute Gasteiger partial charge is 0.422 e. The molecule has 6 heteroatoms. The Labute approximate surface area is 135 Å². The van der Waals surface area contributed by atoms with Gasteiger partial charge in [-0.3, -0.25) is 5.43 Å². The van der Waals surface area contributed by atoms with Gasteiger partial charge in [-0.1, -0.05) is 12.2 Å². The maximum Gasteiger partial charge on any atom is 0.422 e. The van der Waals surface area contributed by atoms with Gasteiger partial charge in [0.05, 0.1) is 0 Å². The summed E-state index contributed by atoms with van der Waals surface area (Å²) in [5, 5.41) is 0. The van der Waals surface area contributed by atoms with Crippen LogP contribution in [0, 0.1) is 5.92 Å². The molecule has 2 atom stereocenters. The average molecular weight is 329 g/mol. The van der Waals surface area contributed by atoms with E-state index < -0.39 is 20.0 Å². The van der Waals surface area contributed by atoms with Gasteiger partial charge in [-0.05, 0) is 66.1 Å². The van der Waals surface area contributed by atoms with E-state index in [0.29, 0.717) is 5.92 Å². The molecule has 1 aliphatic carbocycles. The van der Waals surface area contributed by atoms with Crippen LogP contribution in [0.1, 0.15) is 41.0 Å². The maximum atomic E-state index is 11.6. The zero-order valence-electron chi connectivity index (χ0n) is 15.0. The van der Waals surface area contributed by atoms with Crippen LogP contribution in [-0.2, 0) is 9.16 Å². The zero-order chi connectivity index (χ0) is 17.0. The standard InChI is InChI=1S/C16H32N2O3Si/c1-12(2)21-22(6,7)11-13-8-9-14(10-13)17-18-15(19)20-16(3,4)5/h8-9,12-14,17H,10-11H2,1-7H3,(H,18,19)/t13-,14-/m0/s1. The minimum absolute atomic E-state index is 0.154. The van der Waals surface area contributed by atoms with Crippen molar-refractivity contribution in [2.24, 2.45) is 5.92 Å². The Balaban J connectivity index is 2.32. The third-order valence-corrected chi connectivity index (χ3v) is 5.86. The van der Waals surface area contributed by atoms with Crippen molar-refractivity contribution >= 4 is 14.4 Å². The molecule has 0 fully saturated rings. The fraction of sp³-hybridized carbons (Fsp3) is 0.812. The van der Waals surface area contributed by atoms with E-state index in [1.54, 1.807) is 0 Å². The van der Waals surface area contributed by atoms with Gasteiger partial charge >= 0.3 is 6.09 Å². The number of amides is 1. The van der Waals surface area contributed by atoms with Crippen molar-refractivity contribution < 1.29 is 14.0 Å². The summed E-state index contributed by atoms with van der Waals surface area (Å²) in [4.78, 5) is 11.6. The highest BCUT2D eigenvalue weighted by molar-refractivity contribution is 6.71. The molecule has 0 aromatic rings. The third-order valence-electron chi connectivity index (χ3n) is 3.24. The van der Waals surface area contributed by atoms with Crippen LogP contribution >= 0.6 is 0 Å². The number of carbonyl (C=O) groups is 1. The molecule has 0 spiro atoms. The lowest BCUT2D eigenvalue weighted by atomic mass is 10.1. The molecule has 0 aromatic heterocycles. The van der Waals surface area contributed by atoms with Gasteiger partial charge in [0, 0.05) is 12.1 Å². The van der Waals surface area contributed by atoms with Gasteiger partial charge in [0.25, 0.3) is 0 Å². The molecule has 1 amide bonds. The molecule has 0 heterocycles. The molecular formula is C16H32N2O3Si. The highest BCUT2D eigenvalue weighted by atomic mass is 28.4. The van der Waals surface area contributed by atoms with Crippen LogP contribution in [0.3, 0.4) is 0 Å². The van der Waals surface area contributed by atoms with E-state index in [9.17, 15) is 4.79 Å². The number of hydrogen-bond acceptors (Lipinski definition) is 4. The highest BCUT2D eigenvalue weighted by Gasteiger charge is 2.30. The minimum atomic E-state index is -1.63. The fourth-order valence-corrected chi connectivity index (χ4v) is 5.74. The molecule has 0 saturated carbocycles. The minimum Gasteiger partial charge on any atom is -0.443 e. The summed E-state index contributed by atoms with van der Waals surface area (Å²) in [6, 6.07) is 1.26. The first-order valence-corrected chi connectivity index (χ1v) is 11.2. The van der Waals surface area contributed by atoms with Crippen LogP contribution in [0.4, 0.5) is 4.79 Å². The van der Waals surface area contributed by atoms with Crippen LogP contribution < -0.4 is 10.9 Å². The van der Waals surface area contributed by atoms with Crippen molar-refractivity contribution in [3.05, 3.63) is 12.2 Å². The van der Waals surface area contributed by atoms with E-state index in [2.05, 4.69) is 49.9 Å². The summed E-state index contributed by atoms with van der Waals surface area (Å²) in [6.07, 6.45) is 5.17. The van der Waals surface area contributed by atoms with Crippen molar-refractivity contribution in [2.75, 3.05) is 0 Å². The lowest BCUT2D eigenvalue weighted by Crippen LogP contribution is -2.45. The summed E-state index contributed by atoms with van der Waals surface area (Å²) in [7, 11) is -1.63. The van der Waals surface area contributed by atoms with Crippen molar-refractivity contribution in [1.82, 2.24) is 10.9 Å². The predicted molar refractivity (Wildman–Crippen MR) is 92.1 cm³/mol. The number of hydrogen-bond donors (Lipinski definition) is 2. The summed E-state index contributed by atoms with van der Waals surface area (Å²) in [5.74, 6) is 0.512. The van der Waals surface area contributed by atoms with Gasteiger partial charge in [0.1, 0.15) is 5.60 Å². The lowest BCUT2D eigenvalue weighted by Gasteiger charge is -2.28. The molecule has 0 radical (unpaired) electrons. The lowest BCUT2D eigenvalue weighted by molar-refractivity contribution is 0.0491. The Hall–Kier alpha value is -0.853. The molecule has 1 aliphatic rings. The van der Waals surface area contributed by atoms with Crippen LogP contribution in [-0.4, -0.2) is 32.2 Å².